The molecule has 1 saturated carbocycles. The van der Waals surface area contributed by atoms with Gasteiger partial charge in [-0.3, -0.25) is 0 Å². The number of allylic oxidation sites excluding steroid dienone is 3. The SMILES string of the molecule is C1=CC2CCCC3=NO[C@H](C=C1)[C@@H]32. The Balaban J connectivity index is 1.99. The fraction of sp³-hybridized carbons (Fsp3) is 0.545. The van der Waals surface area contributed by atoms with E-state index >= 15 is 0 Å². The Bertz CT molecular complexity index is 303. The van der Waals surface area contributed by atoms with Crippen molar-refractivity contribution in [3.05, 3.63) is 24.3 Å². The maximum Gasteiger partial charge on any atom is 0.154 e. The lowest BCUT2D eigenvalue weighted by atomic mass is 9.76. The van der Waals surface area contributed by atoms with Crippen LogP contribution in [0.2, 0.25) is 0 Å². The fourth-order valence-corrected chi connectivity index (χ4v) is 2.60. The lowest BCUT2D eigenvalue weighted by Crippen LogP contribution is -2.31. The van der Waals surface area contributed by atoms with Crippen LogP contribution in [0.25, 0.3) is 0 Å². The molecule has 3 rings (SSSR count). The van der Waals surface area contributed by atoms with Crippen molar-refractivity contribution in [3.8, 4) is 0 Å². The maximum absolute atomic E-state index is 5.41. The molecule has 2 nitrogen and oxygen atoms in total. The molecule has 0 N–H and O–H groups in total. The highest BCUT2D eigenvalue weighted by Gasteiger charge is 2.40. The van der Waals surface area contributed by atoms with Crippen molar-refractivity contribution in [2.75, 3.05) is 0 Å². The third-order valence-electron chi connectivity index (χ3n) is 3.23. The molecule has 0 radical (unpaired) electrons. The minimum Gasteiger partial charge on any atom is -0.388 e. The minimum absolute atomic E-state index is 0.218. The third-order valence-corrected chi connectivity index (χ3v) is 3.23. The van der Waals surface area contributed by atoms with Gasteiger partial charge < -0.3 is 4.84 Å². The van der Waals surface area contributed by atoms with Gasteiger partial charge in [0, 0.05) is 0 Å². The number of nitrogens with zero attached hydrogens (tertiary/aromatic N) is 1. The van der Waals surface area contributed by atoms with Gasteiger partial charge in [-0.05, 0) is 31.3 Å². The van der Waals surface area contributed by atoms with E-state index in [1.807, 2.05) is 0 Å². The van der Waals surface area contributed by atoms with Gasteiger partial charge in [0.1, 0.15) is 0 Å². The molecule has 0 spiro atoms. The van der Waals surface area contributed by atoms with E-state index in [1.165, 1.54) is 18.6 Å². The minimum atomic E-state index is 0.218. The standard InChI is InChI=1S/C11H13NO/c1-2-7-10-11-8(4-1)5-3-6-9(11)12-13-10/h1-2,4,7-8,10-11H,3,5-6H2/t8?,10-,11-/m1/s1. The van der Waals surface area contributed by atoms with Gasteiger partial charge in [-0.1, -0.05) is 23.4 Å². The lowest BCUT2D eigenvalue weighted by molar-refractivity contribution is 0.0865. The van der Waals surface area contributed by atoms with E-state index in [-0.39, 0.29) is 6.10 Å². The van der Waals surface area contributed by atoms with Crippen molar-refractivity contribution >= 4 is 5.71 Å². The van der Waals surface area contributed by atoms with Crippen LogP contribution in [-0.4, -0.2) is 11.8 Å². The van der Waals surface area contributed by atoms with E-state index in [9.17, 15) is 0 Å². The van der Waals surface area contributed by atoms with Crippen LogP contribution in [0.4, 0.5) is 0 Å². The first kappa shape index (κ1) is 7.36. The van der Waals surface area contributed by atoms with Gasteiger partial charge in [-0.25, -0.2) is 0 Å². The van der Waals surface area contributed by atoms with E-state index in [4.69, 9.17) is 4.84 Å². The molecule has 0 aromatic rings. The Morgan fingerprint density at radius 3 is 3.23 bits per heavy atom. The smallest absolute Gasteiger partial charge is 0.154 e. The first-order valence-corrected chi connectivity index (χ1v) is 5.03. The molecule has 0 bridgehead atoms. The van der Waals surface area contributed by atoms with Gasteiger partial charge in [-0.15, -0.1) is 0 Å². The second-order valence-corrected chi connectivity index (χ2v) is 4.00. The highest BCUT2D eigenvalue weighted by atomic mass is 16.6. The third kappa shape index (κ3) is 1.05. The number of oxime groups is 1. The monoisotopic (exact) mass is 175 g/mol. The average molecular weight is 175 g/mol. The summed E-state index contributed by atoms with van der Waals surface area (Å²) in [5.41, 5.74) is 1.29. The Morgan fingerprint density at radius 2 is 2.23 bits per heavy atom. The highest BCUT2D eigenvalue weighted by Crippen LogP contribution is 2.38. The summed E-state index contributed by atoms with van der Waals surface area (Å²) in [6, 6.07) is 0. The fourth-order valence-electron chi connectivity index (χ4n) is 2.60. The van der Waals surface area contributed by atoms with Crippen LogP contribution < -0.4 is 0 Å². The van der Waals surface area contributed by atoms with E-state index < -0.39 is 0 Å². The summed E-state index contributed by atoms with van der Waals surface area (Å²) in [6.07, 6.45) is 12.6. The van der Waals surface area contributed by atoms with E-state index in [1.54, 1.807) is 0 Å². The first-order chi connectivity index (χ1) is 6.45. The summed E-state index contributed by atoms with van der Waals surface area (Å²) >= 11 is 0. The van der Waals surface area contributed by atoms with Crippen LogP contribution >= 0.6 is 0 Å². The Labute approximate surface area is 78.0 Å². The van der Waals surface area contributed by atoms with Crippen LogP contribution in [-0.2, 0) is 4.84 Å². The molecule has 0 aromatic heterocycles. The van der Waals surface area contributed by atoms with Crippen molar-refractivity contribution in [2.24, 2.45) is 17.0 Å². The van der Waals surface area contributed by atoms with Crippen molar-refractivity contribution in [2.45, 2.75) is 25.4 Å². The Hall–Kier alpha value is -1.05. The van der Waals surface area contributed by atoms with E-state index in [0.29, 0.717) is 11.8 Å². The molecule has 13 heavy (non-hydrogen) atoms. The lowest BCUT2D eigenvalue weighted by Gasteiger charge is -2.27. The van der Waals surface area contributed by atoms with Gasteiger partial charge >= 0.3 is 0 Å². The molecule has 0 aromatic carbocycles. The molecule has 2 heteroatoms. The van der Waals surface area contributed by atoms with Crippen molar-refractivity contribution in [1.29, 1.82) is 0 Å². The first-order valence-electron chi connectivity index (χ1n) is 5.03. The van der Waals surface area contributed by atoms with Gasteiger partial charge in [0.15, 0.2) is 6.10 Å². The molecule has 1 heterocycles. The molecule has 3 atom stereocenters. The van der Waals surface area contributed by atoms with Gasteiger partial charge in [-0.2, -0.15) is 0 Å². The second-order valence-electron chi connectivity index (χ2n) is 4.00. The zero-order chi connectivity index (χ0) is 8.67. The second kappa shape index (κ2) is 2.72. The van der Waals surface area contributed by atoms with Gasteiger partial charge in [0.25, 0.3) is 0 Å². The quantitative estimate of drug-likeness (QED) is 0.553. The predicted octanol–water partition coefficient (Wildman–Crippen LogP) is 2.28. The zero-order valence-electron chi connectivity index (χ0n) is 7.52. The molecular weight excluding hydrogens is 162 g/mol. The van der Waals surface area contributed by atoms with Crippen molar-refractivity contribution < 1.29 is 4.84 Å². The van der Waals surface area contributed by atoms with Gasteiger partial charge in [0.05, 0.1) is 11.6 Å². The van der Waals surface area contributed by atoms with Crippen LogP contribution in [0.3, 0.4) is 0 Å². The largest absolute Gasteiger partial charge is 0.388 e. The van der Waals surface area contributed by atoms with Crippen molar-refractivity contribution in [3.63, 3.8) is 0 Å². The molecule has 3 aliphatic rings. The normalized spacial score (nSPS) is 40.6. The summed E-state index contributed by atoms with van der Waals surface area (Å²) in [7, 11) is 0. The van der Waals surface area contributed by atoms with Gasteiger partial charge in [0.2, 0.25) is 0 Å². The maximum atomic E-state index is 5.41. The van der Waals surface area contributed by atoms with Crippen LogP contribution in [0.5, 0.6) is 0 Å². The van der Waals surface area contributed by atoms with Crippen LogP contribution in [0.15, 0.2) is 29.5 Å². The van der Waals surface area contributed by atoms with Crippen LogP contribution in [0, 0.1) is 11.8 Å². The number of hydrogen-bond acceptors (Lipinski definition) is 2. The summed E-state index contributed by atoms with van der Waals surface area (Å²) < 4.78 is 0. The van der Waals surface area contributed by atoms with E-state index in [0.717, 1.165) is 6.42 Å². The highest BCUT2D eigenvalue weighted by molar-refractivity contribution is 5.89. The molecule has 1 unspecified atom stereocenters. The van der Waals surface area contributed by atoms with Crippen LogP contribution in [0.1, 0.15) is 19.3 Å². The molecule has 68 valence electrons. The van der Waals surface area contributed by atoms with E-state index in [2.05, 4.69) is 29.5 Å². The molecule has 1 aliphatic heterocycles. The summed E-state index contributed by atoms with van der Waals surface area (Å²) in [5.74, 6) is 1.21. The zero-order valence-corrected chi connectivity index (χ0v) is 7.52. The summed E-state index contributed by atoms with van der Waals surface area (Å²) in [5, 5.41) is 4.17. The summed E-state index contributed by atoms with van der Waals surface area (Å²) in [6.45, 7) is 0. The Kier molecular flexibility index (Phi) is 1.54. The predicted molar refractivity (Wildman–Crippen MR) is 51.4 cm³/mol. The molecule has 1 fully saturated rings. The molecular formula is C11H13NO. The Morgan fingerprint density at radius 1 is 1.31 bits per heavy atom. The topological polar surface area (TPSA) is 21.6 Å². The average Bonchev–Trinajstić information content (AvgIpc) is 2.44. The molecule has 0 saturated heterocycles. The molecule has 2 aliphatic carbocycles. The number of hydrogen-bond donors (Lipinski definition) is 0. The number of rotatable bonds is 0. The molecule has 0 amide bonds. The van der Waals surface area contributed by atoms with Crippen molar-refractivity contribution in [1.82, 2.24) is 0 Å². The summed E-state index contributed by atoms with van der Waals surface area (Å²) in [4.78, 5) is 5.41.